The van der Waals surface area contributed by atoms with Crippen LogP contribution in [0.4, 0.5) is 0 Å². The first kappa shape index (κ1) is 13.6. The molecular formula is C15H21NO4. The van der Waals surface area contributed by atoms with Gasteiger partial charge in [-0.25, -0.2) is 0 Å². The number of nitrogens with zero attached hydrogens (tertiary/aromatic N) is 1. The smallest absolute Gasteiger partial charge is 0.306 e. The topological polar surface area (TPSA) is 74.7 Å². The Hall–Kier alpha value is -1.39. The van der Waals surface area contributed by atoms with Crippen LogP contribution in [-0.2, 0) is 14.4 Å². The van der Waals surface area contributed by atoms with Gasteiger partial charge in [0.15, 0.2) is 0 Å². The van der Waals surface area contributed by atoms with Gasteiger partial charge in [-0.2, -0.15) is 0 Å². The Balaban J connectivity index is 1.77. The van der Waals surface area contributed by atoms with Crippen molar-refractivity contribution in [3.63, 3.8) is 0 Å². The van der Waals surface area contributed by atoms with E-state index in [1.54, 1.807) is 0 Å². The second-order valence-electron chi connectivity index (χ2n) is 6.40. The SMILES string of the molecule is O=C(O)C1CCCC(N2C(=O)C3CCCCC3C2=O)C1. The number of carboxylic acid groups (broad SMARTS) is 1. The van der Waals surface area contributed by atoms with Crippen LogP contribution in [0.15, 0.2) is 0 Å². The monoisotopic (exact) mass is 279 g/mol. The number of rotatable bonds is 2. The molecule has 1 N–H and O–H groups in total. The molecule has 3 rings (SSSR count). The van der Waals surface area contributed by atoms with Crippen molar-refractivity contribution in [3.05, 3.63) is 0 Å². The van der Waals surface area contributed by atoms with Crippen molar-refractivity contribution in [1.82, 2.24) is 4.90 Å². The van der Waals surface area contributed by atoms with Crippen LogP contribution >= 0.6 is 0 Å². The minimum Gasteiger partial charge on any atom is -0.481 e. The largest absolute Gasteiger partial charge is 0.481 e. The summed E-state index contributed by atoms with van der Waals surface area (Å²) in [6, 6.07) is -0.185. The van der Waals surface area contributed by atoms with Crippen LogP contribution < -0.4 is 0 Å². The molecular weight excluding hydrogens is 258 g/mol. The Labute approximate surface area is 118 Å². The molecule has 5 heteroatoms. The molecule has 0 aromatic heterocycles. The van der Waals surface area contributed by atoms with E-state index < -0.39 is 11.9 Å². The summed E-state index contributed by atoms with van der Waals surface area (Å²) in [6.07, 6.45) is 6.34. The fraction of sp³-hybridized carbons (Fsp3) is 0.800. The van der Waals surface area contributed by atoms with E-state index in [0.717, 1.165) is 38.5 Å². The van der Waals surface area contributed by atoms with Crippen molar-refractivity contribution < 1.29 is 19.5 Å². The molecule has 3 fully saturated rings. The van der Waals surface area contributed by atoms with Gasteiger partial charge in [-0.15, -0.1) is 0 Å². The highest BCUT2D eigenvalue weighted by molar-refractivity contribution is 6.05. The van der Waals surface area contributed by atoms with Gasteiger partial charge in [0.2, 0.25) is 11.8 Å². The van der Waals surface area contributed by atoms with Crippen LogP contribution in [0.1, 0.15) is 51.4 Å². The number of fused-ring (bicyclic) bond motifs is 1. The lowest BCUT2D eigenvalue weighted by molar-refractivity contribution is -0.149. The molecule has 0 spiro atoms. The van der Waals surface area contributed by atoms with Crippen LogP contribution in [0.25, 0.3) is 0 Å². The summed E-state index contributed by atoms with van der Waals surface area (Å²) in [7, 11) is 0. The lowest BCUT2D eigenvalue weighted by Gasteiger charge is -2.32. The molecule has 1 heterocycles. The Morgan fingerprint density at radius 2 is 1.55 bits per heavy atom. The van der Waals surface area contributed by atoms with Crippen molar-refractivity contribution in [2.45, 2.75) is 57.4 Å². The van der Waals surface area contributed by atoms with Crippen LogP contribution in [0.3, 0.4) is 0 Å². The summed E-state index contributed by atoms with van der Waals surface area (Å²) in [5.41, 5.74) is 0. The fourth-order valence-electron chi connectivity index (χ4n) is 4.17. The lowest BCUT2D eigenvalue weighted by atomic mass is 9.81. The van der Waals surface area contributed by atoms with Crippen molar-refractivity contribution in [1.29, 1.82) is 0 Å². The molecule has 4 unspecified atom stereocenters. The Morgan fingerprint density at radius 3 is 2.10 bits per heavy atom. The van der Waals surface area contributed by atoms with Crippen LogP contribution in [0.5, 0.6) is 0 Å². The lowest BCUT2D eigenvalue weighted by Crippen LogP contribution is -2.44. The minimum absolute atomic E-state index is 0.0317. The highest BCUT2D eigenvalue weighted by Crippen LogP contribution is 2.41. The highest BCUT2D eigenvalue weighted by Gasteiger charge is 2.51. The number of amides is 2. The first-order valence-electron chi connectivity index (χ1n) is 7.69. The molecule has 0 aromatic rings. The number of hydrogen-bond acceptors (Lipinski definition) is 3. The van der Waals surface area contributed by atoms with Gasteiger partial charge < -0.3 is 5.11 Å². The molecule has 20 heavy (non-hydrogen) atoms. The zero-order valence-corrected chi connectivity index (χ0v) is 11.6. The van der Waals surface area contributed by atoms with Gasteiger partial charge in [-0.05, 0) is 32.1 Å². The molecule has 5 nitrogen and oxygen atoms in total. The zero-order valence-electron chi connectivity index (χ0n) is 11.6. The zero-order chi connectivity index (χ0) is 14.3. The first-order valence-corrected chi connectivity index (χ1v) is 7.69. The quantitative estimate of drug-likeness (QED) is 0.782. The van der Waals surface area contributed by atoms with E-state index >= 15 is 0 Å². The number of carboxylic acids is 1. The van der Waals surface area contributed by atoms with E-state index in [1.807, 2.05) is 0 Å². The molecule has 2 amide bonds. The van der Waals surface area contributed by atoms with Crippen LogP contribution in [-0.4, -0.2) is 33.8 Å². The van der Waals surface area contributed by atoms with Gasteiger partial charge >= 0.3 is 5.97 Å². The second-order valence-corrected chi connectivity index (χ2v) is 6.40. The summed E-state index contributed by atoms with van der Waals surface area (Å²) in [4.78, 5) is 37.5. The number of carbonyl (C=O) groups is 3. The molecule has 2 saturated carbocycles. The number of imide groups is 1. The first-order chi connectivity index (χ1) is 9.59. The van der Waals surface area contributed by atoms with Gasteiger partial charge in [0.25, 0.3) is 0 Å². The van der Waals surface area contributed by atoms with Crippen molar-refractivity contribution >= 4 is 17.8 Å². The maximum atomic E-state index is 12.5. The maximum Gasteiger partial charge on any atom is 0.306 e. The molecule has 4 atom stereocenters. The van der Waals surface area contributed by atoms with E-state index in [0.29, 0.717) is 12.8 Å². The van der Waals surface area contributed by atoms with E-state index in [4.69, 9.17) is 5.11 Å². The fourth-order valence-corrected chi connectivity index (χ4v) is 4.17. The van der Waals surface area contributed by atoms with Gasteiger partial charge in [0.05, 0.1) is 17.8 Å². The van der Waals surface area contributed by atoms with Crippen LogP contribution in [0.2, 0.25) is 0 Å². The molecule has 1 saturated heterocycles. The third-order valence-corrected chi connectivity index (χ3v) is 5.24. The number of hydrogen-bond donors (Lipinski definition) is 1. The van der Waals surface area contributed by atoms with Crippen molar-refractivity contribution in [2.75, 3.05) is 0 Å². The summed E-state index contributed by atoms with van der Waals surface area (Å²) >= 11 is 0. The molecule has 0 bridgehead atoms. The molecule has 110 valence electrons. The number of aliphatic carboxylic acids is 1. The predicted molar refractivity (Wildman–Crippen MR) is 70.7 cm³/mol. The Kier molecular flexibility index (Phi) is 3.52. The summed E-state index contributed by atoms with van der Waals surface area (Å²) in [5.74, 6) is -1.52. The standard InChI is InChI=1S/C15H21NO4/c17-13-11-6-1-2-7-12(11)14(18)16(13)10-5-3-4-9(8-10)15(19)20/h9-12H,1-8H2,(H,19,20). The summed E-state index contributed by atoms with van der Waals surface area (Å²) < 4.78 is 0. The number of likely N-dealkylation sites (tertiary alicyclic amines) is 1. The average Bonchev–Trinajstić information content (AvgIpc) is 2.72. The normalized spacial score (nSPS) is 37.9. The maximum absolute atomic E-state index is 12.5. The molecule has 3 aliphatic rings. The molecule has 2 aliphatic carbocycles. The Bertz CT molecular complexity index is 423. The van der Waals surface area contributed by atoms with Gasteiger partial charge in [-0.3, -0.25) is 19.3 Å². The molecule has 0 aromatic carbocycles. The summed E-state index contributed by atoms with van der Waals surface area (Å²) in [6.45, 7) is 0. The van der Waals surface area contributed by atoms with Gasteiger partial charge in [-0.1, -0.05) is 19.3 Å². The predicted octanol–water partition coefficient (Wildman–Crippen LogP) is 1.80. The highest BCUT2D eigenvalue weighted by atomic mass is 16.4. The van der Waals surface area contributed by atoms with E-state index in [9.17, 15) is 14.4 Å². The average molecular weight is 279 g/mol. The molecule has 1 aliphatic heterocycles. The Morgan fingerprint density at radius 1 is 0.950 bits per heavy atom. The number of carbonyl (C=O) groups excluding carboxylic acids is 2. The van der Waals surface area contributed by atoms with Crippen molar-refractivity contribution in [3.8, 4) is 0 Å². The van der Waals surface area contributed by atoms with E-state index in [1.165, 1.54) is 4.90 Å². The third-order valence-electron chi connectivity index (χ3n) is 5.24. The van der Waals surface area contributed by atoms with Crippen LogP contribution in [0, 0.1) is 17.8 Å². The minimum atomic E-state index is -0.800. The summed E-state index contributed by atoms with van der Waals surface area (Å²) in [5, 5.41) is 9.15. The second kappa shape index (κ2) is 5.19. The van der Waals surface area contributed by atoms with Gasteiger partial charge in [0, 0.05) is 6.04 Å². The van der Waals surface area contributed by atoms with Crippen molar-refractivity contribution in [2.24, 2.45) is 17.8 Å². The van der Waals surface area contributed by atoms with Gasteiger partial charge in [0.1, 0.15) is 0 Å². The molecule has 0 radical (unpaired) electrons. The van der Waals surface area contributed by atoms with E-state index in [-0.39, 0.29) is 29.7 Å². The third kappa shape index (κ3) is 2.13. The van der Waals surface area contributed by atoms with E-state index in [2.05, 4.69) is 0 Å².